The van der Waals surface area contributed by atoms with E-state index < -0.39 is 0 Å². The summed E-state index contributed by atoms with van der Waals surface area (Å²) in [5.74, 6) is 0. The standard InChI is InChI=1S/C15H29NO/c1-2-4-8-14(9-5-3-1)16-12-13-17-15-10-6-7-11-15/h14-16H,1-13H2. The van der Waals surface area contributed by atoms with Crippen LogP contribution in [0.1, 0.15) is 70.6 Å². The molecular weight excluding hydrogens is 210 g/mol. The molecule has 100 valence electrons. The number of rotatable bonds is 5. The molecule has 2 aliphatic rings. The molecular formula is C15H29NO. The predicted molar refractivity (Wildman–Crippen MR) is 72.3 cm³/mol. The normalized spacial score (nSPS) is 24.7. The van der Waals surface area contributed by atoms with Crippen molar-refractivity contribution >= 4 is 0 Å². The molecule has 0 aromatic carbocycles. The maximum Gasteiger partial charge on any atom is 0.0594 e. The molecule has 0 amide bonds. The lowest BCUT2D eigenvalue weighted by atomic mass is 9.97. The topological polar surface area (TPSA) is 21.3 Å². The number of nitrogens with one attached hydrogen (secondary N) is 1. The van der Waals surface area contributed by atoms with Crippen molar-refractivity contribution in [1.82, 2.24) is 5.32 Å². The van der Waals surface area contributed by atoms with E-state index in [4.69, 9.17) is 4.74 Å². The Balaban J connectivity index is 1.50. The van der Waals surface area contributed by atoms with Crippen LogP contribution >= 0.6 is 0 Å². The van der Waals surface area contributed by atoms with Crippen molar-refractivity contribution in [3.63, 3.8) is 0 Å². The zero-order valence-electron chi connectivity index (χ0n) is 11.3. The molecule has 0 unspecified atom stereocenters. The van der Waals surface area contributed by atoms with Gasteiger partial charge < -0.3 is 10.1 Å². The van der Waals surface area contributed by atoms with Crippen LogP contribution in [0.5, 0.6) is 0 Å². The van der Waals surface area contributed by atoms with Gasteiger partial charge in [-0.1, -0.05) is 44.9 Å². The molecule has 2 nitrogen and oxygen atoms in total. The largest absolute Gasteiger partial charge is 0.377 e. The minimum absolute atomic E-state index is 0.578. The number of hydrogen-bond donors (Lipinski definition) is 1. The van der Waals surface area contributed by atoms with Crippen molar-refractivity contribution in [3.05, 3.63) is 0 Å². The molecule has 0 aliphatic heterocycles. The van der Waals surface area contributed by atoms with Gasteiger partial charge in [0.25, 0.3) is 0 Å². The second kappa shape index (κ2) is 8.10. The molecule has 0 radical (unpaired) electrons. The van der Waals surface area contributed by atoms with E-state index in [1.165, 1.54) is 70.6 Å². The molecule has 2 heteroatoms. The Bertz CT molecular complexity index is 181. The van der Waals surface area contributed by atoms with E-state index in [-0.39, 0.29) is 0 Å². The van der Waals surface area contributed by atoms with Crippen LogP contribution in [-0.2, 0) is 4.74 Å². The lowest BCUT2D eigenvalue weighted by molar-refractivity contribution is 0.0587. The van der Waals surface area contributed by atoms with Gasteiger partial charge in [-0.25, -0.2) is 0 Å². The first-order valence-electron chi connectivity index (χ1n) is 7.80. The van der Waals surface area contributed by atoms with Crippen molar-refractivity contribution in [2.45, 2.75) is 82.8 Å². The molecule has 17 heavy (non-hydrogen) atoms. The summed E-state index contributed by atoms with van der Waals surface area (Å²) in [5.41, 5.74) is 0. The summed E-state index contributed by atoms with van der Waals surface area (Å²) < 4.78 is 5.89. The van der Waals surface area contributed by atoms with Crippen LogP contribution in [0.2, 0.25) is 0 Å². The van der Waals surface area contributed by atoms with Gasteiger partial charge in [0.2, 0.25) is 0 Å². The minimum Gasteiger partial charge on any atom is -0.377 e. The zero-order valence-corrected chi connectivity index (χ0v) is 11.3. The third-order valence-electron chi connectivity index (χ3n) is 4.30. The van der Waals surface area contributed by atoms with Crippen LogP contribution in [-0.4, -0.2) is 25.3 Å². The first-order valence-corrected chi connectivity index (χ1v) is 7.80. The SMILES string of the molecule is C1CCCC(NCCOC2CCCC2)CCC1. The van der Waals surface area contributed by atoms with Crippen molar-refractivity contribution in [2.75, 3.05) is 13.2 Å². The van der Waals surface area contributed by atoms with E-state index in [1.54, 1.807) is 0 Å². The molecule has 2 saturated carbocycles. The number of ether oxygens (including phenoxy) is 1. The average Bonchev–Trinajstić information content (AvgIpc) is 2.79. The molecule has 0 aromatic rings. The zero-order chi connectivity index (χ0) is 11.8. The molecule has 0 atom stereocenters. The Morgan fingerprint density at radius 1 is 0.765 bits per heavy atom. The van der Waals surface area contributed by atoms with Crippen molar-refractivity contribution < 1.29 is 4.74 Å². The molecule has 0 saturated heterocycles. The van der Waals surface area contributed by atoms with E-state index in [9.17, 15) is 0 Å². The van der Waals surface area contributed by atoms with Crippen LogP contribution in [0.4, 0.5) is 0 Å². The van der Waals surface area contributed by atoms with Gasteiger partial charge in [-0.15, -0.1) is 0 Å². The van der Waals surface area contributed by atoms with Gasteiger partial charge >= 0.3 is 0 Å². The quantitative estimate of drug-likeness (QED) is 0.739. The highest BCUT2D eigenvalue weighted by molar-refractivity contribution is 4.70. The molecule has 1 N–H and O–H groups in total. The van der Waals surface area contributed by atoms with E-state index in [2.05, 4.69) is 5.32 Å². The third-order valence-corrected chi connectivity index (χ3v) is 4.30. The Kier molecular flexibility index (Phi) is 6.36. The second-order valence-electron chi connectivity index (χ2n) is 5.77. The van der Waals surface area contributed by atoms with Gasteiger partial charge in [-0.3, -0.25) is 0 Å². The van der Waals surface area contributed by atoms with E-state index >= 15 is 0 Å². The molecule has 0 spiro atoms. The highest BCUT2D eigenvalue weighted by atomic mass is 16.5. The van der Waals surface area contributed by atoms with E-state index in [0.29, 0.717) is 6.10 Å². The molecule has 0 bridgehead atoms. The fourth-order valence-corrected chi connectivity index (χ4v) is 3.20. The Labute approximate surface area is 107 Å². The summed E-state index contributed by atoms with van der Waals surface area (Å²) >= 11 is 0. The van der Waals surface area contributed by atoms with Crippen LogP contribution in [0.3, 0.4) is 0 Å². The van der Waals surface area contributed by atoms with Gasteiger partial charge in [0.15, 0.2) is 0 Å². The van der Waals surface area contributed by atoms with Gasteiger partial charge in [0.05, 0.1) is 12.7 Å². The number of hydrogen-bond acceptors (Lipinski definition) is 2. The fraction of sp³-hybridized carbons (Fsp3) is 1.00. The molecule has 0 heterocycles. The minimum atomic E-state index is 0.578. The summed E-state index contributed by atoms with van der Waals surface area (Å²) in [7, 11) is 0. The van der Waals surface area contributed by atoms with Gasteiger partial charge in [0.1, 0.15) is 0 Å². The highest BCUT2D eigenvalue weighted by Crippen LogP contribution is 2.20. The Morgan fingerprint density at radius 2 is 1.35 bits per heavy atom. The molecule has 2 rings (SSSR count). The molecule has 0 aromatic heterocycles. The fourth-order valence-electron chi connectivity index (χ4n) is 3.20. The maximum atomic E-state index is 5.89. The van der Waals surface area contributed by atoms with Gasteiger partial charge in [-0.2, -0.15) is 0 Å². The first-order chi connectivity index (χ1) is 8.45. The summed E-state index contributed by atoms with van der Waals surface area (Å²) in [4.78, 5) is 0. The first kappa shape index (κ1) is 13.4. The van der Waals surface area contributed by atoms with Crippen molar-refractivity contribution in [1.29, 1.82) is 0 Å². The van der Waals surface area contributed by atoms with E-state index in [1.807, 2.05) is 0 Å². The second-order valence-corrected chi connectivity index (χ2v) is 5.77. The maximum absolute atomic E-state index is 5.89. The highest BCUT2D eigenvalue weighted by Gasteiger charge is 2.15. The Hall–Kier alpha value is -0.0800. The monoisotopic (exact) mass is 239 g/mol. The average molecular weight is 239 g/mol. The van der Waals surface area contributed by atoms with Crippen LogP contribution in [0, 0.1) is 0 Å². The van der Waals surface area contributed by atoms with Crippen molar-refractivity contribution in [3.8, 4) is 0 Å². The smallest absolute Gasteiger partial charge is 0.0594 e. The molecule has 2 fully saturated rings. The third kappa shape index (κ3) is 5.39. The summed E-state index contributed by atoms with van der Waals surface area (Å²) in [6.07, 6.45) is 15.9. The van der Waals surface area contributed by atoms with Crippen LogP contribution in [0.25, 0.3) is 0 Å². The predicted octanol–water partition coefficient (Wildman–Crippen LogP) is 3.65. The summed E-state index contributed by atoms with van der Waals surface area (Å²) in [5, 5.41) is 3.69. The Morgan fingerprint density at radius 3 is 2.06 bits per heavy atom. The van der Waals surface area contributed by atoms with E-state index in [0.717, 1.165) is 19.2 Å². The lowest BCUT2D eigenvalue weighted by Crippen LogP contribution is -2.33. The van der Waals surface area contributed by atoms with Gasteiger partial charge in [0, 0.05) is 12.6 Å². The summed E-state index contributed by atoms with van der Waals surface area (Å²) in [6, 6.07) is 0.766. The van der Waals surface area contributed by atoms with Crippen LogP contribution < -0.4 is 5.32 Å². The van der Waals surface area contributed by atoms with Gasteiger partial charge in [-0.05, 0) is 25.7 Å². The van der Waals surface area contributed by atoms with Crippen molar-refractivity contribution in [2.24, 2.45) is 0 Å². The van der Waals surface area contributed by atoms with Crippen LogP contribution in [0.15, 0.2) is 0 Å². The summed E-state index contributed by atoms with van der Waals surface area (Å²) in [6.45, 7) is 1.97. The lowest BCUT2D eigenvalue weighted by Gasteiger charge is -2.21. The molecule has 2 aliphatic carbocycles.